The largest absolute Gasteiger partial charge is 0.507 e. The van der Waals surface area contributed by atoms with E-state index in [4.69, 9.17) is 9.15 Å². The molecule has 0 radical (unpaired) electrons. The zero-order chi connectivity index (χ0) is 17.2. The lowest BCUT2D eigenvalue weighted by molar-refractivity contribution is 0.158. The van der Waals surface area contributed by atoms with Crippen LogP contribution in [0, 0.1) is 0 Å². The minimum absolute atomic E-state index is 0.0740. The monoisotopic (exact) mass is 326 g/mol. The first-order valence-corrected chi connectivity index (χ1v) is 7.34. The van der Waals surface area contributed by atoms with Crippen molar-refractivity contribution in [1.29, 1.82) is 0 Å². The Hall–Kier alpha value is -3.15. The molecular weight excluding hydrogens is 312 g/mol. The standard InChI is InChI=1S/C18H14O6/c1-18(2)6-5-8-12(24-18)7-10(20)13-16(22)14-11(23-17(8)13)4-3-9(19)15(14)21/h3-7,19-21H,1-2H3. The number of rotatable bonds is 0. The van der Waals surface area contributed by atoms with Gasteiger partial charge in [0, 0.05) is 6.07 Å². The number of fused-ring (bicyclic) bond motifs is 4. The summed E-state index contributed by atoms with van der Waals surface area (Å²) >= 11 is 0. The van der Waals surface area contributed by atoms with Gasteiger partial charge in [-0.2, -0.15) is 0 Å². The number of hydrogen-bond acceptors (Lipinski definition) is 6. The van der Waals surface area contributed by atoms with Crippen LogP contribution in [0.5, 0.6) is 23.0 Å². The van der Waals surface area contributed by atoms with Crippen LogP contribution in [0.3, 0.4) is 0 Å². The molecule has 122 valence electrons. The second-order valence-electron chi connectivity index (χ2n) is 6.29. The predicted octanol–water partition coefficient (Wildman–Crippen LogP) is 3.25. The number of phenolic OH excluding ortho intramolecular Hbond substituents is 3. The fraction of sp³-hybridized carbons (Fsp3) is 0.167. The molecule has 0 atom stereocenters. The summed E-state index contributed by atoms with van der Waals surface area (Å²) in [5.74, 6) is -0.920. The lowest BCUT2D eigenvalue weighted by atomic mass is 9.99. The average Bonchev–Trinajstić information content (AvgIpc) is 2.49. The molecule has 6 heteroatoms. The Balaban J connectivity index is 2.20. The van der Waals surface area contributed by atoms with E-state index in [-0.39, 0.29) is 27.7 Å². The zero-order valence-electron chi connectivity index (χ0n) is 13.0. The Morgan fingerprint density at radius 3 is 2.54 bits per heavy atom. The van der Waals surface area contributed by atoms with E-state index < -0.39 is 22.5 Å². The van der Waals surface area contributed by atoms with E-state index in [0.29, 0.717) is 11.3 Å². The van der Waals surface area contributed by atoms with Gasteiger partial charge in [-0.3, -0.25) is 4.79 Å². The van der Waals surface area contributed by atoms with Crippen molar-refractivity contribution in [2.24, 2.45) is 0 Å². The Labute approximate surface area is 135 Å². The fourth-order valence-corrected chi connectivity index (χ4v) is 2.91. The first kappa shape index (κ1) is 14.4. The van der Waals surface area contributed by atoms with Gasteiger partial charge in [0.1, 0.15) is 33.5 Å². The number of phenols is 3. The quantitative estimate of drug-likeness (QED) is 0.433. The molecular formula is C18H14O6. The summed E-state index contributed by atoms with van der Waals surface area (Å²) in [7, 11) is 0. The maximum Gasteiger partial charge on any atom is 0.208 e. The molecule has 0 unspecified atom stereocenters. The molecule has 0 bridgehead atoms. The molecule has 0 saturated carbocycles. The van der Waals surface area contributed by atoms with Crippen LogP contribution < -0.4 is 10.2 Å². The highest BCUT2D eigenvalue weighted by Crippen LogP contribution is 2.42. The summed E-state index contributed by atoms with van der Waals surface area (Å²) in [5.41, 5.74) is -0.367. The first-order valence-electron chi connectivity index (χ1n) is 7.34. The van der Waals surface area contributed by atoms with Crippen LogP contribution in [0.25, 0.3) is 28.0 Å². The van der Waals surface area contributed by atoms with Crippen LogP contribution in [-0.2, 0) is 0 Å². The van der Waals surface area contributed by atoms with Crippen LogP contribution in [0.15, 0.2) is 33.5 Å². The van der Waals surface area contributed by atoms with Crippen molar-refractivity contribution in [1.82, 2.24) is 0 Å². The van der Waals surface area contributed by atoms with Gasteiger partial charge in [0.15, 0.2) is 17.1 Å². The van der Waals surface area contributed by atoms with E-state index in [0.717, 1.165) is 0 Å². The highest BCUT2D eigenvalue weighted by atomic mass is 16.5. The van der Waals surface area contributed by atoms with Crippen molar-refractivity contribution >= 4 is 28.0 Å². The lowest BCUT2D eigenvalue weighted by Gasteiger charge is -2.28. The third-order valence-corrected chi connectivity index (χ3v) is 4.07. The molecule has 2 aromatic carbocycles. The molecule has 24 heavy (non-hydrogen) atoms. The van der Waals surface area contributed by atoms with E-state index in [2.05, 4.69) is 0 Å². The molecule has 0 fully saturated rings. The molecule has 0 spiro atoms. The highest BCUT2D eigenvalue weighted by Gasteiger charge is 2.27. The predicted molar refractivity (Wildman–Crippen MR) is 88.7 cm³/mol. The maximum absolute atomic E-state index is 12.7. The molecule has 0 saturated heterocycles. The molecule has 1 aromatic heterocycles. The van der Waals surface area contributed by atoms with Gasteiger partial charge >= 0.3 is 0 Å². The van der Waals surface area contributed by atoms with Crippen molar-refractivity contribution in [2.75, 3.05) is 0 Å². The van der Waals surface area contributed by atoms with Gasteiger partial charge in [-0.05, 0) is 38.1 Å². The van der Waals surface area contributed by atoms with Gasteiger partial charge < -0.3 is 24.5 Å². The first-order chi connectivity index (χ1) is 11.3. The summed E-state index contributed by atoms with van der Waals surface area (Å²) in [4.78, 5) is 12.7. The third kappa shape index (κ3) is 1.86. The minimum Gasteiger partial charge on any atom is -0.507 e. The van der Waals surface area contributed by atoms with Gasteiger partial charge in [-0.1, -0.05) is 0 Å². The molecule has 2 heterocycles. The van der Waals surface area contributed by atoms with Crippen molar-refractivity contribution < 1.29 is 24.5 Å². The molecule has 3 aromatic rings. The zero-order valence-corrected chi connectivity index (χ0v) is 13.0. The van der Waals surface area contributed by atoms with Crippen molar-refractivity contribution in [3.8, 4) is 23.0 Å². The Kier molecular flexibility index (Phi) is 2.67. The normalized spacial score (nSPS) is 15.4. The molecule has 4 rings (SSSR count). The summed E-state index contributed by atoms with van der Waals surface area (Å²) in [5, 5.41) is 29.6. The van der Waals surface area contributed by atoms with Crippen molar-refractivity contribution in [3.63, 3.8) is 0 Å². The van der Waals surface area contributed by atoms with E-state index >= 15 is 0 Å². The Morgan fingerprint density at radius 1 is 1.04 bits per heavy atom. The molecule has 6 nitrogen and oxygen atoms in total. The van der Waals surface area contributed by atoms with Crippen LogP contribution >= 0.6 is 0 Å². The molecule has 0 amide bonds. The van der Waals surface area contributed by atoms with E-state index in [1.807, 2.05) is 19.9 Å². The van der Waals surface area contributed by atoms with Crippen molar-refractivity contribution in [2.45, 2.75) is 19.4 Å². The number of hydrogen-bond donors (Lipinski definition) is 3. The third-order valence-electron chi connectivity index (χ3n) is 4.07. The second-order valence-corrected chi connectivity index (χ2v) is 6.29. The second kappa shape index (κ2) is 4.44. The average molecular weight is 326 g/mol. The summed E-state index contributed by atoms with van der Waals surface area (Å²) < 4.78 is 11.6. The van der Waals surface area contributed by atoms with Crippen LogP contribution in [0.4, 0.5) is 0 Å². The Morgan fingerprint density at radius 2 is 1.79 bits per heavy atom. The van der Waals surface area contributed by atoms with E-state index in [1.54, 1.807) is 6.08 Å². The van der Waals surface area contributed by atoms with Gasteiger partial charge in [0.25, 0.3) is 0 Å². The fourth-order valence-electron chi connectivity index (χ4n) is 2.91. The summed E-state index contributed by atoms with van der Waals surface area (Å²) in [6.45, 7) is 3.73. The highest BCUT2D eigenvalue weighted by molar-refractivity contribution is 6.01. The van der Waals surface area contributed by atoms with Gasteiger partial charge in [-0.15, -0.1) is 0 Å². The van der Waals surface area contributed by atoms with Gasteiger partial charge in [0.2, 0.25) is 5.43 Å². The SMILES string of the molecule is CC1(C)C=Cc2c(cc(O)c3c(=O)c4c(O)c(O)ccc4oc23)O1. The van der Waals surface area contributed by atoms with Crippen LogP contribution in [0.1, 0.15) is 19.4 Å². The summed E-state index contributed by atoms with van der Waals surface area (Å²) in [6, 6.07) is 3.97. The van der Waals surface area contributed by atoms with E-state index in [1.165, 1.54) is 18.2 Å². The van der Waals surface area contributed by atoms with Crippen molar-refractivity contribution in [3.05, 3.63) is 40.1 Å². The smallest absolute Gasteiger partial charge is 0.208 e. The molecule has 3 N–H and O–H groups in total. The van der Waals surface area contributed by atoms with E-state index in [9.17, 15) is 20.1 Å². The molecule has 0 aliphatic carbocycles. The minimum atomic E-state index is -0.627. The van der Waals surface area contributed by atoms with Gasteiger partial charge in [0.05, 0.1) is 5.56 Å². The van der Waals surface area contributed by atoms with Gasteiger partial charge in [-0.25, -0.2) is 0 Å². The number of aromatic hydroxyl groups is 3. The molecule has 1 aliphatic heterocycles. The van der Waals surface area contributed by atoms with Crippen LogP contribution in [-0.4, -0.2) is 20.9 Å². The topological polar surface area (TPSA) is 100 Å². The number of benzene rings is 2. The lowest BCUT2D eigenvalue weighted by Crippen LogP contribution is -2.27. The Bertz CT molecular complexity index is 1100. The molecule has 1 aliphatic rings. The van der Waals surface area contributed by atoms with Crippen LogP contribution in [0.2, 0.25) is 0 Å². The summed E-state index contributed by atoms with van der Waals surface area (Å²) in [6.07, 6.45) is 3.60. The maximum atomic E-state index is 12.7. The number of ether oxygens (including phenoxy) is 1.